The lowest BCUT2D eigenvalue weighted by Crippen LogP contribution is -2.44. The van der Waals surface area contributed by atoms with Crippen molar-refractivity contribution in [2.45, 2.75) is 23.4 Å². The number of alkyl halides is 6. The van der Waals surface area contributed by atoms with E-state index in [2.05, 4.69) is 5.32 Å². The van der Waals surface area contributed by atoms with Crippen LogP contribution in [0, 0.1) is 5.82 Å². The van der Waals surface area contributed by atoms with Gasteiger partial charge in [0.15, 0.2) is 0 Å². The van der Waals surface area contributed by atoms with Crippen LogP contribution in [0.2, 0.25) is 0 Å². The lowest BCUT2D eigenvalue weighted by Gasteiger charge is -2.26. The predicted octanol–water partition coefficient (Wildman–Crippen LogP) is 3.68. The molecule has 0 aromatic heterocycles. The van der Waals surface area contributed by atoms with Crippen molar-refractivity contribution in [1.29, 1.82) is 0 Å². The fourth-order valence-corrected chi connectivity index (χ4v) is 2.72. The summed E-state index contributed by atoms with van der Waals surface area (Å²) in [4.78, 5) is 8.90. The largest absolute Gasteiger partial charge is 0.490 e. The van der Waals surface area contributed by atoms with Gasteiger partial charge < -0.3 is 10.4 Å². The number of benzene rings is 1. The van der Waals surface area contributed by atoms with Gasteiger partial charge in [0.1, 0.15) is 5.82 Å². The molecule has 0 spiro atoms. The van der Waals surface area contributed by atoms with Crippen LogP contribution in [0.1, 0.15) is 11.1 Å². The van der Waals surface area contributed by atoms with Gasteiger partial charge in [-0.1, -0.05) is 6.07 Å². The highest BCUT2D eigenvalue weighted by atomic mass is 32.2. The van der Waals surface area contributed by atoms with Gasteiger partial charge in [-0.05, 0) is 12.1 Å². The molecule has 2 rings (SSSR count). The van der Waals surface area contributed by atoms with E-state index < -0.39 is 29.7 Å². The average Bonchev–Trinajstić information content (AvgIpc) is 2.37. The topological polar surface area (TPSA) is 49.3 Å². The Hall–Kier alpha value is -1.49. The van der Waals surface area contributed by atoms with Gasteiger partial charge in [-0.25, -0.2) is 9.18 Å². The summed E-state index contributed by atoms with van der Waals surface area (Å²) >= 11 is 1.36. The monoisotopic (exact) mass is 379 g/mol. The summed E-state index contributed by atoms with van der Waals surface area (Å²) in [5.41, 5.74) is -1.10. The number of halogens is 7. The van der Waals surface area contributed by atoms with Crippen molar-refractivity contribution in [3.63, 3.8) is 0 Å². The molecule has 0 aliphatic carbocycles. The number of carboxylic acid groups (broad SMARTS) is 1. The van der Waals surface area contributed by atoms with Crippen LogP contribution in [-0.4, -0.2) is 35.6 Å². The number of nitrogens with one attached hydrogen (secondary N) is 1. The second kappa shape index (κ2) is 8.06. The van der Waals surface area contributed by atoms with Gasteiger partial charge in [0.25, 0.3) is 0 Å². The van der Waals surface area contributed by atoms with Crippen molar-refractivity contribution in [3.05, 3.63) is 35.1 Å². The zero-order valence-electron chi connectivity index (χ0n) is 11.8. The van der Waals surface area contributed by atoms with E-state index in [1.54, 1.807) is 0 Å². The Kier molecular flexibility index (Phi) is 6.90. The molecule has 1 heterocycles. The van der Waals surface area contributed by atoms with E-state index in [1.807, 2.05) is 0 Å². The van der Waals surface area contributed by atoms with Gasteiger partial charge in [-0.15, -0.1) is 0 Å². The van der Waals surface area contributed by atoms with E-state index in [-0.39, 0.29) is 16.6 Å². The third-order valence-corrected chi connectivity index (χ3v) is 4.13. The second-order valence-electron chi connectivity index (χ2n) is 4.66. The van der Waals surface area contributed by atoms with Gasteiger partial charge in [0, 0.05) is 29.7 Å². The Morgan fingerprint density at radius 3 is 2.12 bits per heavy atom. The Bertz CT molecular complexity index is 570. The molecule has 24 heavy (non-hydrogen) atoms. The Balaban J connectivity index is 0.000000351. The summed E-state index contributed by atoms with van der Waals surface area (Å²) in [5.74, 6) is -3.47. The highest BCUT2D eigenvalue weighted by Crippen LogP contribution is 2.35. The number of aliphatic carboxylic acids is 1. The number of carboxylic acids is 1. The van der Waals surface area contributed by atoms with E-state index in [9.17, 15) is 30.7 Å². The minimum Gasteiger partial charge on any atom is -0.475 e. The summed E-state index contributed by atoms with van der Waals surface area (Å²) in [5, 5.41) is 10.4. The molecule has 1 aromatic carbocycles. The summed E-state index contributed by atoms with van der Waals surface area (Å²) in [6.45, 7) is 1.56. The maximum absolute atomic E-state index is 13.4. The predicted molar refractivity (Wildman–Crippen MR) is 73.0 cm³/mol. The zero-order valence-corrected chi connectivity index (χ0v) is 12.7. The maximum atomic E-state index is 13.4. The van der Waals surface area contributed by atoms with Gasteiger partial charge in [0.05, 0.1) is 5.56 Å². The van der Waals surface area contributed by atoms with Crippen molar-refractivity contribution in [3.8, 4) is 0 Å². The molecular formula is C13H12F7NO2S. The molecule has 0 radical (unpaired) electrons. The van der Waals surface area contributed by atoms with Crippen LogP contribution in [-0.2, 0) is 16.7 Å². The second-order valence-corrected chi connectivity index (χ2v) is 5.95. The molecule has 1 saturated heterocycles. The zero-order chi connectivity index (χ0) is 18.5. The van der Waals surface area contributed by atoms with Crippen LogP contribution in [0.15, 0.2) is 18.2 Å². The molecule has 11 heteroatoms. The number of rotatable bonds is 3. The van der Waals surface area contributed by atoms with E-state index >= 15 is 0 Å². The van der Waals surface area contributed by atoms with Gasteiger partial charge >= 0.3 is 18.3 Å². The van der Waals surface area contributed by atoms with Crippen LogP contribution >= 0.6 is 11.8 Å². The van der Waals surface area contributed by atoms with Crippen molar-refractivity contribution in [2.75, 3.05) is 13.1 Å². The van der Waals surface area contributed by atoms with E-state index in [1.165, 1.54) is 11.8 Å². The molecule has 136 valence electrons. The SMILES string of the molecule is Fc1cccc(C(F)(F)F)c1CSC1CNC1.O=C(O)C(F)(F)F. The van der Waals surface area contributed by atoms with Crippen molar-refractivity contribution >= 4 is 17.7 Å². The quantitative estimate of drug-likeness (QED) is 0.787. The fraction of sp³-hybridized carbons (Fsp3) is 0.462. The van der Waals surface area contributed by atoms with Crippen molar-refractivity contribution in [1.82, 2.24) is 5.32 Å². The summed E-state index contributed by atoms with van der Waals surface area (Å²) in [7, 11) is 0. The molecule has 0 bridgehead atoms. The van der Waals surface area contributed by atoms with Crippen LogP contribution in [0.3, 0.4) is 0 Å². The Labute approximate surface area is 136 Å². The van der Waals surface area contributed by atoms with E-state index in [4.69, 9.17) is 9.90 Å². The molecule has 2 N–H and O–H groups in total. The minimum absolute atomic E-state index is 0.0634. The number of thioether (sulfide) groups is 1. The third-order valence-electron chi connectivity index (χ3n) is 2.87. The molecule has 1 aromatic rings. The lowest BCUT2D eigenvalue weighted by atomic mass is 10.1. The Morgan fingerprint density at radius 1 is 1.21 bits per heavy atom. The highest BCUT2D eigenvalue weighted by Gasteiger charge is 2.38. The molecule has 1 aliphatic rings. The molecular weight excluding hydrogens is 367 g/mol. The smallest absolute Gasteiger partial charge is 0.475 e. The molecule has 1 aliphatic heterocycles. The third kappa shape index (κ3) is 6.19. The normalized spacial score (nSPS) is 15.3. The van der Waals surface area contributed by atoms with Gasteiger partial charge in [0.2, 0.25) is 0 Å². The first-order valence-electron chi connectivity index (χ1n) is 6.40. The first-order valence-corrected chi connectivity index (χ1v) is 7.44. The highest BCUT2D eigenvalue weighted by molar-refractivity contribution is 7.99. The molecule has 0 atom stereocenters. The van der Waals surface area contributed by atoms with Gasteiger partial charge in [-0.2, -0.15) is 38.1 Å². The summed E-state index contributed by atoms with van der Waals surface area (Å²) < 4.78 is 83.1. The first kappa shape index (κ1) is 20.6. The standard InChI is InChI=1S/C11H11F4NS.C2HF3O2/c12-10-3-1-2-9(11(13,14)15)8(10)6-17-7-4-16-5-7;3-2(4,5)1(6)7/h1-3,7,16H,4-6H2;(H,6,7). The van der Waals surface area contributed by atoms with Crippen molar-refractivity contribution in [2.24, 2.45) is 0 Å². The molecule has 0 saturated carbocycles. The minimum atomic E-state index is -5.08. The molecule has 0 unspecified atom stereocenters. The van der Waals surface area contributed by atoms with Crippen LogP contribution in [0.5, 0.6) is 0 Å². The van der Waals surface area contributed by atoms with Crippen LogP contribution in [0.4, 0.5) is 30.7 Å². The lowest BCUT2D eigenvalue weighted by molar-refractivity contribution is -0.192. The molecule has 3 nitrogen and oxygen atoms in total. The number of carbonyl (C=O) groups is 1. The van der Waals surface area contributed by atoms with E-state index in [0.29, 0.717) is 0 Å². The van der Waals surface area contributed by atoms with E-state index in [0.717, 1.165) is 31.3 Å². The summed E-state index contributed by atoms with van der Waals surface area (Å²) in [6, 6.07) is 3.10. The molecule has 1 fully saturated rings. The fourth-order valence-electron chi connectivity index (χ4n) is 1.55. The van der Waals surface area contributed by atoms with Gasteiger partial charge in [-0.3, -0.25) is 0 Å². The molecule has 0 amide bonds. The van der Waals surface area contributed by atoms with Crippen LogP contribution < -0.4 is 5.32 Å². The Morgan fingerprint density at radius 2 is 1.75 bits per heavy atom. The van der Waals surface area contributed by atoms with Crippen molar-refractivity contribution < 1.29 is 40.6 Å². The maximum Gasteiger partial charge on any atom is 0.490 e. The van der Waals surface area contributed by atoms with Crippen LogP contribution in [0.25, 0.3) is 0 Å². The number of hydrogen-bond acceptors (Lipinski definition) is 3. The number of hydrogen-bond donors (Lipinski definition) is 2. The first-order chi connectivity index (χ1) is 10.9. The summed E-state index contributed by atoms with van der Waals surface area (Å²) in [6.07, 6.45) is -9.57. The average molecular weight is 379 g/mol.